The van der Waals surface area contributed by atoms with Crippen LogP contribution in [0.5, 0.6) is 0 Å². The molecule has 2 N–H and O–H groups in total. The summed E-state index contributed by atoms with van der Waals surface area (Å²) >= 11 is 0. The molecule has 0 aromatic rings. The topological polar surface area (TPSA) is 53.0 Å². The van der Waals surface area contributed by atoms with E-state index in [1.807, 2.05) is 0 Å². The molecule has 0 saturated carbocycles. The van der Waals surface area contributed by atoms with Gasteiger partial charge in [-0.2, -0.15) is 5.26 Å². The Morgan fingerprint density at radius 1 is 1.44 bits per heavy atom. The van der Waals surface area contributed by atoms with Gasteiger partial charge in [-0.3, -0.25) is 0 Å². The monoisotopic (exact) mass is 125 g/mol. The molecule has 1 aliphatic heterocycles. The molecule has 1 aliphatic rings. The van der Waals surface area contributed by atoms with Crippen LogP contribution >= 0.6 is 0 Å². The molecule has 9 heavy (non-hydrogen) atoms. The minimum atomic E-state index is 0.328. The Kier molecular flexibility index (Phi) is 1.91. The lowest BCUT2D eigenvalue weighted by Crippen LogP contribution is -2.36. The highest BCUT2D eigenvalue weighted by molar-refractivity contribution is 4.81. The van der Waals surface area contributed by atoms with Gasteiger partial charge in [0.25, 0.3) is 0 Å². The molecule has 1 rings (SSSR count). The van der Waals surface area contributed by atoms with Crippen LogP contribution in [0.1, 0.15) is 12.8 Å². The quantitative estimate of drug-likeness (QED) is 0.459. The molecular weight excluding hydrogens is 114 g/mol. The van der Waals surface area contributed by atoms with Crippen molar-refractivity contribution in [3.05, 3.63) is 0 Å². The van der Waals surface area contributed by atoms with Gasteiger partial charge in [0.2, 0.25) is 0 Å². The van der Waals surface area contributed by atoms with Crippen molar-refractivity contribution >= 4 is 0 Å². The number of hydrogen-bond donors (Lipinski definition) is 1. The number of likely N-dealkylation sites (tertiary alicyclic amines) is 1. The summed E-state index contributed by atoms with van der Waals surface area (Å²) in [7, 11) is 0. The molecule has 0 amide bonds. The average molecular weight is 125 g/mol. The lowest BCUT2D eigenvalue weighted by Gasteiger charge is -2.24. The Balaban J connectivity index is 2.28. The van der Waals surface area contributed by atoms with Crippen molar-refractivity contribution in [2.45, 2.75) is 18.9 Å². The minimum Gasteiger partial charge on any atom is -0.328 e. The highest BCUT2D eigenvalue weighted by atomic mass is 15.1. The summed E-state index contributed by atoms with van der Waals surface area (Å²) in [4.78, 5) is 1.75. The molecule has 50 valence electrons. The number of piperidine rings is 1. The van der Waals surface area contributed by atoms with Gasteiger partial charge in [0.15, 0.2) is 6.19 Å². The van der Waals surface area contributed by atoms with Gasteiger partial charge >= 0.3 is 0 Å². The molecule has 0 unspecified atom stereocenters. The first kappa shape index (κ1) is 6.37. The molecule has 0 radical (unpaired) electrons. The van der Waals surface area contributed by atoms with Gasteiger partial charge in [-0.1, -0.05) is 0 Å². The smallest absolute Gasteiger partial charge is 0.179 e. The van der Waals surface area contributed by atoms with E-state index in [0.717, 1.165) is 25.9 Å². The lowest BCUT2D eigenvalue weighted by atomic mass is 10.1. The van der Waals surface area contributed by atoms with Gasteiger partial charge in [0.1, 0.15) is 0 Å². The maximum atomic E-state index is 8.41. The van der Waals surface area contributed by atoms with E-state index in [1.165, 1.54) is 0 Å². The largest absolute Gasteiger partial charge is 0.328 e. The summed E-state index contributed by atoms with van der Waals surface area (Å²) in [6.45, 7) is 1.69. The fourth-order valence-electron chi connectivity index (χ4n) is 0.999. The Bertz CT molecular complexity index is 119. The Morgan fingerprint density at radius 3 is 2.44 bits per heavy atom. The molecule has 3 nitrogen and oxygen atoms in total. The first-order chi connectivity index (χ1) is 4.33. The Hall–Kier alpha value is -0.750. The van der Waals surface area contributed by atoms with Gasteiger partial charge in [0, 0.05) is 19.1 Å². The van der Waals surface area contributed by atoms with E-state index in [-0.39, 0.29) is 0 Å². The molecule has 0 aromatic carbocycles. The maximum absolute atomic E-state index is 8.41. The molecule has 3 heteroatoms. The highest BCUT2D eigenvalue weighted by Crippen LogP contribution is 2.05. The standard InChI is InChI=1S/C6H11N3/c7-5-9-3-1-6(8)2-4-9/h6H,1-4,8H2. The molecule has 1 heterocycles. The third kappa shape index (κ3) is 1.58. The van der Waals surface area contributed by atoms with Crippen molar-refractivity contribution in [1.82, 2.24) is 4.90 Å². The fourth-order valence-corrected chi connectivity index (χ4v) is 0.999. The van der Waals surface area contributed by atoms with E-state index in [4.69, 9.17) is 11.0 Å². The fraction of sp³-hybridized carbons (Fsp3) is 0.833. The summed E-state index contributed by atoms with van der Waals surface area (Å²) in [5.41, 5.74) is 5.62. The first-order valence-electron chi connectivity index (χ1n) is 3.23. The van der Waals surface area contributed by atoms with Crippen LogP contribution in [0.25, 0.3) is 0 Å². The second-order valence-electron chi connectivity index (χ2n) is 2.42. The highest BCUT2D eigenvalue weighted by Gasteiger charge is 2.13. The van der Waals surface area contributed by atoms with E-state index in [1.54, 1.807) is 4.90 Å². The molecule has 1 saturated heterocycles. The number of nitriles is 1. The average Bonchev–Trinajstić information content (AvgIpc) is 1.90. The minimum absolute atomic E-state index is 0.328. The van der Waals surface area contributed by atoms with Crippen molar-refractivity contribution in [2.75, 3.05) is 13.1 Å². The van der Waals surface area contributed by atoms with Crippen molar-refractivity contribution in [3.8, 4) is 6.19 Å². The van der Waals surface area contributed by atoms with Crippen LogP contribution in [-0.2, 0) is 0 Å². The van der Waals surface area contributed by atoms with E-state index in [9.17, 15) is 0 Å². The lowest BCUT2D eigenvalue weighted by molar-refractivity contribution is 0.296. The summed E-state index contributed by atoms with van der Waals surface area (Å²) in [5, 5.41) is 8.41. The van der Waals surface area contributed by atoms with E-state index in [2.05, 4.69) is 6.19 Å². The molecule has 0 aromatic heterocycles. The number of rotatable bonds is 0. The third-order valence-electron chi connectivity index (χ3n) is 1.68. The summed E-state index contributed by atoms with van der Waals surface area (Å²) in [5.74, 6) is 0. The van der Waals surface area contributed by atoms with Crippen LogP contribution in [0, 0.1) is 11.5 Å². The second kappa shape index (κ2) is 2.70. The van der Waals surface area contributed by atoms with Crippen LogP contribution in [0.4, 0.5) is 0 Å². The van der Waals surface area contributed by atoms with Gasteiger partial charge < -0.3 is 10.6 Å². The van der Waals surface area contributed by atoms with Gasteiger partial charge in [-0.15, -0.1) is 0 Å². The van der Waals surface area contributed by atoms with Gasteiger partial charge in [-0.05, 0) is 12.8 Å². The van der Waals surface area contributed by atoms with Gasteiger partial charge in [0.05, 0.1) is 0 Å². The van der Waals surface area contributed by atoms with Crippen molar-refractivity contribution < 1.29 is 0 Å². The SMILES string of the molecule is N#CN1CCC(N)CC1. The van der Waals surface area contributed by atoms with Crippen LogP contribution in [0.15, 0.2) is 0 Å². The number of hydrogen-bond acceptors (Lipinski definition) is 3. The van der Waals surface area contributed by atoms with Crippen LogP contribution in [0.3, 0.4) is 0 Å². The van der Waals surface area contributed by atoms with Crippen molar-refractivity contribution in [2.24, 2.45) is 5.73 Å². The normalized spacial score (nSPS) is 21.6. The molecule has 1 fully saturated rings. The van der Waals surface area contributed by atoms with E-state index < -0.39 is 0 Å². The van der Waals surface area contributed by atoms with Gasteiger partial charge in [-0.25, -0.2) is 0 Å². The predicted octanol–water partition coefficient (Wildman–Crippen LogP) is -0.109. The van der Waals surface area contributed by atoms with Crippen LogP contribution < -0.4 is 5.73 Å². The maximum Gasteiger partial charge on any atom is 0.179 e. The number of nitrogens with zero attached hydrogens (tertiary/aromatic N) is 2. The third-order valence-corrected chi connectivity index (χ3v) is 1.68. The zero-order valence-electron chi connectivity index (χ0n) is 5.38. The van der Waals surface area contributed by atoms with Crippen LogP contribution in [0.2, 0.25) is 0 Å². The van der Waals surface area contributed by atoms with E-state index in [0.29, 0.717) is 6.04 Å². The molecule has 0 spiro atoms. The Labute approximate surface area is 55.1 Å². The molecule has 0 bridgehead atoms. The predicted molar refractivity (Wildman–Crippen MR) is 34.4 cm³/mol. The first-order valence-corrected chi connectivity index (χ1v) is 3.23. The van der Waals surface area contributed by atoms with E-state index >= 15 is 0 Å². The van der Waals surface area contributed by atoms with Crippen molar-refractivity contribution in [3.63, 3.8) is 0 Å². The summed E-state index contributed by atoms with van der Waals surface area (Å²) in [6.07, 6.45) is 4.03. The summed E-state index contributed by atoms with van der Waals surface area (Å²) < 4.78 is 0. The zero-order chi connectivity index (χ0) is 6.69. The van der Waals surface area contributed by atoms with Crippen molar-refractivity contribution in [1.29, 1.82) is 5.26 Å². The molecular formula is C6H11N3. The van der Waals surface area contributed by atoms with Crippen LogP contribution in [-0.4, -0.2) is 24.0 Å². The molecule has 0 atom stereocenters. The summed E-state index contributed by atoms with van der Waals surface area (Å²) in [6, 6.07) is 0.328. The molecule has 0 aliphatic carbocycles. The zero-order valence-corrected chi connectivity index (χ0v) is 5.38. The Morgan fingerprint density at radius 2 is 2.00 bits per heavy atom. The number of nitrogens with two attached hydrogens (primary N) is 1. The second-order valence-corrected chi connectivity index (χ2v) is 2.42.